The molecule has 7 heteroatoms. The molecule has 1 aliphatic heterocycles. The summed E-state index contributed by atoms with van der Waals surface area (Å²) in [4.78, 5) is 18.4. The van der Waals surface area contributed by atoms with Crippen molar-refractivity contribution in [3.05, 3.63) is 58.3 Å². The lowest BCUT2D eigenvalue weighted by Crippen LogP contribution is -2.48. The molecule has 1 aliphatic rings. The Hall–Kier alpha value is -2.48. The van der Waals surface area contributed by atoms with Gasteiger partial charge in [0, 0.05) is 49.2 Å². The first kappa shape index (κ1) is 18.9. The van der Waals surface area contributed by atoms with Gasteiger partial charge in [0.25, 0.3) is 0 Å². The van der Waals surface area contributed by atoms with Gasteiger partial charge < -0.3 is 4.52 Å². The molecule has 3 aromatic rings. The van der Waals surface area contributed by atoms with Crippen LogP contribution in [0, 0.1) is 6.92 Å². The van der Waals surface area contributed by atoms with E-state index in [-0.39, 0.29) is 5.91 Å². The number of hydrogen-bond donors (Lipinski definition) is 1. The minimum absolute atomic E-state index is 0.0710. The van der Waals surface area contributed by atoms with Gasteiger partial charge in [-0.25, -0.2) is 0 Å². The first-order valence-electron chi connectivity index (χ1n) is 9.46. The molecule has 0 aliphatic carbocycles. The SMILES string of the molecule is Cc1ccc(-c2cc(NC(=O)CN3CCN(Cc4cccs4)CC3)on2)cc1. The van der Waals surface area contributed by atoms with Gasteiger partial charge in [0.15, 0.2) is 0 Å². The third kappa shape index (κ3) is 4.86. The number of nitrogens with one attached hydrogen (secondary N) is 1. The number of amides is 1. The molecule has 0 spiro atoms. The number of nitrogens with zero attached hydrogens (tertiary/aromatic N) is 3. The zero-order chi connectivity index (χ0) is 19.3. The molecule has 1 saturated heterocycles. The zero-order valence-electron chi connectivity index (χ0n) is 15.9. The summed E-state index contributed by atoms with van der Waals surface area (Å²) in [5, 5.41) is 8.98. The smallest absolute Gasteiger partial charge is 0.240 e. The molecule has 1 N–H and O–H groups in total. The molecule has 2 aromatic heterocycles. The Labute approximate surface area is 168 Å². The van der Waals surface area contributed by atoms with Gasteiger partial charge in [-0.2, -0.15) is 0 Å². The minimum Gasteiger partial charge on any atom is -0.338 e. The van der Waals surface area contributed by atoms with E-state index in [1.807, 2.05) is 31.2 Å². The number of carbonyl (C=O) groups excluding carboxylic acids is 1. The predicted octanol–water partition coefficient (Wildman–Crippen LogP) is 3.47. The minimum atomic E-state index is -0.0710. The van der Waals surface area contributed by atoms with Crippen LogP contribution in [0.25, 0.3) is 11.3 Å². The summed E-state index contributed by atoms with van der Waals surface area (Å²) in [6.07, 6.45) is 0. The quantitative estimate of drug-likeness (QED) is 0.691. The van der Waals surface area contributed by atoms with E-state index >= 15 is 0 Å². The first-order chi connectivity index (χ1) is 13.7. The van der Waals surface area contributed by atoms with Gasteiger partial charge in [-0.1, -0.05) is 41.1 Å². The fourth-order valence-corrected chi connectivity index (χ4v) is 4.05. The number of piperazine rings is 1. The Kier molecular flexibility index (Phi) is 5.85. The summed E-state index contributed by atoms with van der Waals surface area (Å²) >= 11 is 1.79. The van der Waals surface area contributed by atoms with Gasteiger partial charge in [0.1, 0.15) is 5.69 Å². The van der Waals surface area contributed by atoms with Crippen LogP contribution in [0.5, 0.6) is 0 Å². The number of aromatic nitrogens is 1. The molecular formula is C21H24N4O2S. The summed E-state index contributed by atoms with van der Waals surface area (Å²) < 4.78 is 5.28. The van der Waals surface area contributed by atoms with E-state index in [1.165, 1.54) is 10.4 Å². The highest BCUT2D eigenvalue weighted by atomic mass is 32.1. The van der Waals surface area contributed by atoms with Gasteiger partial charge >= 0.3 is 0 Å². The van der Waals surface area contributed by atoms with E-state index in [0.717, 1.165) is 44.0 Å². The number of aryl methyl sites for hydroxylation is 1. The number of hydrogen-bond acceptors (Lipinski definition) is 6. The maximum absolute atomic E-state index is 12.4. The van der Waals surface area contributed by atoms with E-state index in [2.05, 4.69) is 37.8 Å². The van der Waals surface area contributed by atoms with E-state index in [0.29, 0.717) is 12.4 Å². The third-order valence-corrected chi connectivity index (χ3v) is 5.77. The topological polar surface area (TPSA) is 61.6 Å². The van der Waals surface area contributed by atoms with Gasteiger partial charge in [-0.3, -0.25) is 19.9 Å². The van der Waals surface area contributed by atoms with Crippen molar-refractivity contribution in [3.8, 4) is 11.3 Å². The fraction of sp³-hybridized carbons (Fsp3) is 0.333. The largest absolute Gasteiger partial charge is 0.338 e. The van der Waals surface area contributed by atoms with Gasteiger partial charge in [0.05, 0.1) is 6.54 Å². The van der Waals surface area contributed by atoms with Crippen LogP contribution < -0.4 is 5.32 Å². The number of anilines is 1. The van der Waals surface area contributed by atoms with Gasteiger partial charge in [-0.05, 0) is 18.4 Å². The van der Waals surface area contributed by atoms with Crippen molar-refractivity contribution < 1.29 is 9.32 Å². The van der Waals surface area contributed by atoms with E-state index in [1.54, 1.807) is 17.4 Å². The third-order valence-electron chi connectivity index (χ3n) is 4.91. The zero-order valence-corrected chi connectivity index (χ0v) is 16.7. The van der Waals surface area contributed by atoms with Crippen LogP contribution in [0.1, 0.15) is 10.4 Å². The lowest BCUT2D eigenvalue weighted by Gasteiger charge is -2.33. The molecule has 0 radical (unpaired) electrons. The molecule has 28 heavy (non-hydrogen) atoms. The maximum atomic E-state index is 12.4. The summed E-state index contributed by atoms with van der Waals surface area (Å²) in [7, 11) is 0. The van der Waals surface area contributed by atoms with Crippen molar-refractivity contribution in [1.29, 1.82) is 0 Å². The van der Waals surface area contributed by atoms with Crippen molar-refractivity contribution in [2.75, 3.05) is 38.0 Å². The average Bonchev–Trinajstić information content (AvgIpc) is 3.36. The number of rotatable bonds is 6. The number of thiophene rings is 1. The second-order valence-corrected chi connectivity index (χ2v) is 8.15. The predicted molar refractivity (Wildman–Crippen MR) is 111 cm³/mol. The molecule has 3 heterocycles. The Morgan fingerprint density at radius 2 is 1.89 bits per heavy atom. The normalized spacial score (nSPS) is 15.6. The summed E-state index contributed by atoms with van der Waals surface area (Å²) in [6.45, 7) is 7.15. The molecule has 1 aromatic carbocycles. The van der Waals surface area contributed by atoms with Crippen LogP contribution >= 0.6 is 11.3 Å². The molecule has 0 saturated carbocycles. The average molecular weight is 397 g/mol. The van der Waals surface area contributed by atoms with E-state index in [9.17, 15) is 4.79 Å². The highest BCUT2D eigenvalue weighted by molar-refractivity contribution is 7.09. The van der Waals surface area contributed by atoms with Crippen molar-refractivity contribution in [1.82, 2.24) is 15.0 Å². The summed E-state index contributed by atoms with van der Waals surface area (Å²) in [5.74, 6) is 0.315. The molecular weight excluding hydrogens is 372 g/mol. The molecule has 0 unspecified atom stereocenters. The van der Waals surface area contributed by atoms with E-state index in [4.69, 9.17) is 4.52 Å². The summed E-state index contributed by atoms with van der Waals surface area (Å²) in [6, 6.07) is 14.1. The standard InChI is InChI=1S/C21H24N4O2S/c1-16-4-6-17(7-5-16)19-13-21(27-23-19)22-20(26)15-25-10-8-24(9-11-25)14-18-3-2-12-28-18/h2-7,12-13H,8-11,14-15H2,1H3,(H,22,26). The fourth-order valence-electron chi connectivity index (χ4n) is 3.30. The number of carbonyl (C=O) groups is 1. The van der Waals surface area contributed by atoms with Crippen LogP contribution in [0.3, 0.4) is 0 Å². The second-order valence-electron chi connectivity index (χ2n) is 7.12. The van der Waals surface area contributed by atoms with Crippen molar-refractivity contribution in [2.45, 2.75) is 13.5 Å². The second kappa shape index (κ2) is 8.68. The molecule has 1 amide bonds. The molecule has 0 bridgehead atoms. The van der Waals surface area contributed by atoms with Crippen molar-refractivity contribution >= 4 is 23.1 Å². The van der Waals surface area contributed by atoms with Gasteiger partial charge in [-0.15, -0.1) is 11.3 Å². The van der Waals surface area contributed by atoms with Crippen LogP contribution in [0.2, 0.25) is 0 Å². The van der Waals surface area contributed by atoms with Gasteiger partial charge in [0.2, 0.25) is 11.8 Å². The van der Waals surface area contributed by atoms with Crippen LogP contribution in [-0.2, 0) is 11.3 Å². The first-order valence-corrected chi connectivity index (χ1v) is 10.3. The number of benzene rings is 1. The monoisotopic (exact) mass is 396 g/mol. The highest BCUT2D eigenvalue weighted by Crippen LogP contribution is 2.22. The van der Waals surface area contributed by atoms with Crippen molar-refractivity contribution in [2.24, 2.45) is 0 Å². The Morgan fingerprint density at radius 3 is 2.61 bits per heavy atom. The summed E-state index contributed by atoms with van der Waals surface area (Å²) in [5.41, 5.74) is 2.88. The molecule has 0 atom stereocenters. The Morgan fingerprint density at radius 1 is 1.14 bits per heavy atom. The van der Waals surface area contributed by atoms with Crippen LogP contribution in [0.4, 0.5) is 5.88 Å². The van der Waals surface area contributed by atoms with Crippen LogP contribution in [-0.4, -0.2) is 53.6 Å². The lowest BCUT2D eigenvalue weighted by atomic mass is 10.1. The van der Waals surface area contributed by atoms with Crippen molar-refractivity contribution in [3.63, 3.8) is 0 Å². The molecule has 1 fully saturated rings. The highest BCUT2D eigenvalue weighted by Gasteiger charge is 2.20. The van der Waals surface area contributed by atoms with Crippen LogP contribution in [0.15, 0.2) is 52.4 Å². The molecule has 6 nitrogen and oxygen atoms in total. The molecule has 4 rings (SSSR count). The maximum Gasteiger partial charge on any atom is 0.240 e. The lowest BCUT2D eigenvalue weighted by molar-refractivity contribution is -0.117. The van der Waals surface area contributed by atoms with E-state index < -0.39 is 0 Å². The Balaban J connectivity index is 1.24. The Bertz CT molecular complexity index is 897. The molecule has 146 valence electrons.